The van der Waals surface area contributed by atoms with E-state index in [-0.39, 0.29) is 0 Å². The van der Waals surface area contributed by atoms with Crippen molar-refractivity contribution in [3.8, 4) is 0 Å². The van der Waals surface area contributed by atoms with Gasteiger partial charge in [-0.2, -0.15) is 0 Å². The third kappa shape index (κ3) is 2.73. The number of hydrogen-bond donors (Lipinski definition) is 0. The number of hydrogen-bond acceptors (Lipinski definition) is 0. The molecule has 1 aromatic carbocycles. The van der Waals surface area contributed by atoms with E-state index < -0.39 is 0 Å². The van der Waals surface area contributed by atoms with Crippen LogP contribution in [0.2, 0.25) is 0 Å². The van der Waals surface area contributed by atoms with Crippen molar-refractivity contribution in [2.75, 3.05) is 0 Å². The second kappa shape index (κ2) is 4.43. The molecule has 11 heavy (non-hydrogen) atoms. The van der Waals surface area contributed by atoms with Gasteiger partial charge in [0.15, 0.2) is 0 Å². The standard InChI is InChI=1S/C8H5Br3/c9-5-8(11)6-2-1-3-7(10)4-6/h1-5H/b8-5-. The van der Waals surface area contributed by atoms with Crippen LogP contribution in [0, 0.1) is 0 Å². The Hall–Kier alpha value is 0.400. The van der Waals surface area contributed by atoms with Crippen molar-refractivity contribution >= 4 is 52.3 Å². The average molecular weight is 341 g/mol. The van der Waals surface area contributed by atoms with Crippen molar-refractivity contribution in [3.63, 3.8) is 0 Å². The van der Waals surface area contributed by atoms with E-state index in [1.54, 1.807) is 0 Å². The molecule has 0 saturated carbocycles. The summed E-state index contributed by atoms with van der Waals surface area (Å²) in [5.41, 5.74) is 1.15. The molecule has 0 bridgehead atoms. The first-order valence-electron chi connectivity index (χ1n) is 2.96. The molecule has 0 heterocycles. The summed E-state index contributed by atoms with van der Waals surface area (Å²) in [6.45, 7) is 0. The van der Waals surface area contributed by atoms with Crippen molar-refractivity contribution in [2.45, 2.75) is 0 Å². The van der Waals surface area contributed by atoms with E-state index >= 15 is 0 Å². The molecule has 0 radical (unpaired) electrons. The second-order valence-electron chi connectivity index (χ2n) is 1.97. The Balaban J connectivity index is 3.06. The van der Waals surface area contributed by atoms with Gasteiger partial charge in [0.2, 0.25) is 0 Å². The number of halogens is 3. The van der Waals surface area contributed by atoms with Crippen LogP contribution in [0.1, 0.15) is 5.56 Å². The van der Waals surface area contributed by atoms with Crippen molar-refractivity contribution in [3.05, 3.63) is 39.3 Å². The maximum Gasteiger partial charge on any atom is 0.0317 e. The van der Waals surface area contributed by atoms with Crippen LogP contribution in [0.4, 0.5) is 0 Å². The second-order valence-corrected chi connectivity index (χ2v) is 4.20. The largest absolute Gasteiger partial charge is 0.0605 e. The molecule has 0 fully saturated rings. The van der Waals surface area contributed by atoms with Gasteiger partial charge in [0, 0.05) is 8.96 Å². The Morgan fingerprint density at radius 3 is 2.64 bits per heavy atom. The molecule has 0 saturated heterocycles. The maximum atomic E-state index is 3.41. The average Bonchev–Trinajstić information content (AvgIpc) is 2.03. The van der Waals surface area contributed by atoms with Gasteiger partial charge in [-0.05, 0) is 38.6 Å². The Labute approximate surface area is 91.1 Å². The van der Waals surface area contributed by atoms with E-state index in [1.165, 1.54) is 0 Å². The Bertz CT molecular complexity index is 278. The van der Waals surface area contributed by atoms with Crippen molar-refractivity contribution < 1.29 is 0 Å². The molecule has 0 nitrogen and oxygen atoms in total. The lowest BCUT2D eigenvalue weighted by atomic mass is 10.2. The first-order chi connectivity index (χ1) is 5.24. The van der Waals surface area contributed by atoms with Crippen LogP contribution in [-0.2, 0) is 0 Å². The lowest BCUT2D eigenvalue weighted by molar-refractivity contribution is 1.61. The van der Waals surface area contributed by atoms with Gasteiger partial charge in [0.25, 0.3) is 0 Å². The summed E-state index contributed by atoms with van der Waals surface area (Å²) in [6.07, 6.45) is 0. The zero-order chi connectivity index (χ0) is 8.27. The molecule has 1 rings (SSSR count). The molecule has 0 aliphatic heterocycles. The fraction of sp³-hybridized carbons (Fsp3) is 0. The van der Waals surface area contributed by atoms with Crippen LogP contribution in [-0.4, -0.2) is 0 Å². The van der Waals surface area contributed by atoms with Crippen LogP contribution in [0.3, 0.4) is 0 Å². The van der Waals surface area contributed by atoms with Gasteiger partial charge in [-0.1, -0.05) is 44.0 Å². The molecule has 1 aromatic rings. The van der Waals surface area contributed by atoms with Gasteiger partial charge < -0.3 is 0 Å². The molecule has 0 unspecified atom stereocenters. The predicted octanol–water partition coefficient (Wildman–Crippen LogP) is 4.54. The molecule has 58 valence electrons. The Kier molecular flexibility index (Phi) is 3.82. The molecular formula is C8H5Br3. The van der Waals surface area contributed by atoms with Crippen LogP contribution >= 0.6 is 47.8 Å². The monoisotopic (exact) mass is 338 g/mol. The maximum absolute atomic E-state index is 3.41. The van der Waals surface area contributed by atoms with Crippen molar-refractivity contribution in [1.29, 1.82) is 0 Å². The highest BCUT2D eigenvalue weighted by Gasteiger charge is 1.95. The highest BCUT2D eigenvalue weighted by Crippen LogP contribution is 2.24. The van der Waals surface area contributed by atoms with Gasteiger partial charge in [-0.25, -0.2) is 0 Å². The van der Waals surface area contributed by atoms with Crippen LogP contribution < -0.4 is 0 Å². The Morgan fingerprint density at radius 1 is 1.36 bits per heavy atom. The third-order valence-electron chi connectivity index (χ3n) is 1.20. The summed E-state index contributed by atoms with van der Waals surface area (Å²) in [5, 5.41) is 0. The first kappa shape index (κ1) is 9.49. The topological polar surface area (TPSA) is 0 Å². The van der Waals surface area contributed by atoms with E-state index in [9.17, 15) is 0 Å². The molecule has 0 aliphatic rings. The number of rotatable bonds is 1. The van der Waals surface area contributed by atoms with E-state index in [1.807, 2.05) is 29.3 Å². The minimum atomic E-state index is 1.04. The fourth-order valence-corrected chi connectivity index (χ4v) is 1.61. The highest BCUT2D eigenvalue weighted by atomic mass is 79.9. The summed E-state index contributed by atoms with van der Waals surface area (Å²) in [5.74, 6) is 0. The van der Waals surface area contributed by atoms with Gasteiger partial charge in [-0.15, -0.1) is 0 Å². The van der Waals surface area contributed by atoms with Gasteiger partial charge >= 0.3 is 0 Å². The molecule has 0 spiro atoms. The Morgan fingerprint density at radius 2 is 2.09 bits per heavy atom. The van der Waals surface area contributed by atoms with E-state index in [4.69, 9.17) is 0 Å². The van der Waals surface area contributed by atoms with E-state index in [2.05, 4.69) is 47.8 Å². The molecule has 0 N–H and O–H groups in total. The van der Waals surface area contributed by atoms with Gasteiger partial charge in [0.05, 0.1) is 0 Å². The van der Waals surface area contributed by atoms with Crippen LogP contribution in [0.5, 0.6) is 0 Å². The quantitative estimate of drug-likeness (QED) is 0.704. The van der Waals surface area contributed by atoms with Crippen molar-refractivity contribution in [1.82, 2.24) is 0 Å². The summed E-state index contributed by atoms with van der Waals surface area (Å²) in [6, 6.07) is 8.07. The normalized spacial score (nSPS) is 11.7. The molecule has 0 aliphatic carbocycles. The van der Waals surface area contributed by atoms with E-state index in [0.717, 1.165) is 14.5 Å². The summed E-state index contributed by atoms with van der Waals surface area (Å²) in [4.78, 5) is 1.84. The minimum absolute atomic E-state index is 1.04. The molecule has 0 amide bonds. The van der Waals surface area contributed by atoms with Crippen LogP contribution in [0.25, 0.3) is 4.48 Å². The smallest absolute Gasteiger partial charge is 0.0317 e. The first-order valence-corrected chi connectivity index (χ1v) is 5.46. The predicted molar refractivity (Wildman–Crippen MR) is 60.0 cm³/mol. The fourth-order valence-electron chi connectivity index (χ4n) is 0.700. The van der Waals surface area contributed by atoms with Crippen LogP contribution in [0.15, 0.2) is 33.7 Å². The van der Waals surface area contributed by atoms with Gasteiger partial charge in [0.1, 0.15) is 0 Å². The molecular weight excluding hydrogens is 336 g/mol. The number of benzene rings is 1. The lowest BCUT2D eigenvalue weighted by Gasteiger charge is -1.97. The third-order valence-corrected chi connectivity index (χ3v) is 3.45. The zero-order valence-corrected chi connectivity index (χ0v) is 10.3. The summed E-state index contributed by atoms with van der Waals surface area (Å²) >= 11 is 10.1. The molecule has 3 heteroatoms. The summed E-state index contributed by atoms with van der Waals surface area (Å²) < 4.78 is 2.13. The minimum Gasteiger partial charge on any atom is -0.0605 e. The SMILES string of the molecule is Br/C=C(\Br)c1cccc(Br)c1. The molecule has 0 aromatic heterocycles. The zero-order valence-electron chi connectivity index (χ0n) is 5.52. The summed E-state index contributed by atoms with van der Waals surface area (Å²) in [7, 11) is 0. The van der Waals surface area contributed by atoms with Crippen molar-refractivity contribution in [2.24, 2.45) is 0 Å². The highest BCUT2D eigenvalue weighted by molar-refractivity contribution is 9.16. The van der Waals surface area contributed by atoms with E-state index in [0.29, 0.717) is 0 Å². The van der Waals surface area contributed by atoms with Gasteiger partial charge in [-0.3, -0.25) is 0 Å². The molecule has 0 atom stereocenters. The lowest BCUT2D eigenvalue weighted by Crippen LogP contribution is -1.73.